The van der Waals surface area contributed by atoms with Crippen molar-refractivity contribution in [2.45, 2.75) is 16.2 Å². The third-order valence-corrected chi connectivity index (χ3v) is 4.50. The lowest BCUT2D eigenvalue weighted by molar-refractivity contribution is -0.148. The van der Waals surface area contributed by atoms with E-state index in [1.54, 1.807) is 18.2 Å². The number of carboxylic acids is 1. The molecule has 0 bridgehead atoms. The molecule has 22 heavy (non-hydrogen) atoms. The number of furan rings is 1. The molecule has 1 aromatic heterocycles. The van der Waals surface area contributed by atoms with Gasteiger partial charge < -0.3 is 9.52 Å². The number of hydrogen-bond acceptors (Lipinski definition) is 6. The number of carbonyl (C=O) groups excluding carboxylic acids is 2. The highest BCUT2D eigenvalue weighted by molar-refractivity contribution is 7.91. The standard InChI is InChI=1S/C14H10O7S/c15-11(7-12(16)14(17)18)13-6-10(8-21-13)22(19,20)9-4-2-1-3-5-9/h1-6,8H,7H2,(H,17,18). The van der Waals surface area contributed by atoms with E-state index in [4.69, 9.17) is 9.52 Å². The SMILES string of the molecule is O=C(O)C(=O)CC(=O)c1cc(S(=O)(=O)c2ccccc2)co1. The van der Waals surface area contributed by atoms with E-state index in [1.165, 1.54) is 12.1 Å². The van der Waals surface area contributed by atoms with Crippen molar-refractivity contribution < 1.29 is 32.3 Å². The molecular weight excluding hydrogens is 312 g/mol. The molecule has 1 heterocycles. The predicted octanol–water partition coefficient (Wildman–Crippen LogP) is 1.34. The number of sulfone groups is 1. The Bertz CT molecular complexity index is 831. The number of carboxylic acid groups (broad SMARTS) is 1. The van der Waals surface area contributed by atoms with Gasteiger partial charge in [-0.2, -0.15) is 0 Å². The highest BCUT2D eigenvalue weighted by Gasteiger charge is 2.24. The Kier molecular flexibility index (Phi) is 4.22. The molecule has 0 unspecified atom stereocenters. The van der Waals surface area contributed by atoms with Gasteiger partial charge in [-0.25, -0.2) is 13.2 Å². The van der Waals surface area contributed by atoms with Crippen LogP contribution in [0.4, 0.5) is 0 Å². The van der Waals surface area contributed by atoms with Crippen molar-refractivity contribution in [3.63, 3.8) is 0 Å². The van der Waals surface area contributed by atoms with Crippen LogP contribution >= 0.6 is 0 Å². The molecule has 0 amide bonds. The summed E-state index contributed by atoms with van der Waals surface area (Å²) in [4.78, 5) is 32.8. The van der Waals surface area contributed by atoms with Crippen LogP contribution in [-0.2, 0) is 19.4 Å². The average molecular weight is 322 g/mol. The van der Waals surface area contributed by atoms with Gasteiger partial charge in [0.05, 0.1) is 11.3 Å². The maximum absolute atomic E-state index is 12.3. The monoisotopic (exact) mass is 322 g/mol. The fourth-order valence-electron chi connectivity index (χ4n) is 1.65. The molecule has 0 fully saturated rings. The second-order valence-electron chi connectivity index (χ2n) is 4.29. The van der Waals surface area contributed by atoms with E-state index in [1.807, 2.05) is 0 Å². The van der Waals surface area contributed by atoms with E-state index in [9.17, 15) is 22.8 Å². The first-order valence-electron chi connectivity index (χ1n) is 6.00. The third kappa shape index (κ3) is 3.12. The van der Waals surface area contributed by atoms with Gasteiger partial charge in [0.15, 0.2) is 5.76 Å². The molecule has 7 nitrogen and oxygen atoms in total. The van der Waals surface area contributed by atoms with Gasteiger partial charge in [0, 0.05) is 6.07 Å². The van der Waals surface area contributed by atoms with Crippen LogP contribution in [0, 0.1) is 0 Å². The molecule has 0 saturated carbocycles. The van der Waals surface area contributed by atoms with E-state index in [0.29, 0.717) is 0 Å². The zero-order valence-electron chi connectivity index (χ0n) is 11.1. The Morgan fingerprint density at radius 2 is 1.68 bits per heavy atom. The second-order valence-corrected chi connectivity index (χ2v) is 6.24. The molecule has 114 valence electrons. The Hall–Kier alpha value is -2.74. The molecule has 0 aliphatic rings. The molecule has 2 aromatic rings. The lowest BCUT2D eigenvalue weighted by atomic mass is 10.2. The number of carbonyl (C=O) groups is 3. The van der Waals surface area contributed by atoms with Crippen molar-refractivity contribution >= 4 is 27.4 Å². The first-order chi connectivity index (χ1) is 10.3. The Balaban J connectivity index is 2.27. The van der Waals surface area contributed by atoms with Crippen LogP contribution in [0.3, 0.4) is 0 Å². The third-order valence-electron chi connectivity index (χ3n) is 2.77. The first kappa shape index (κ1) is 15.6. The van der Waals surface area contributed by atoms with Gasteiger partial charge >= 0.3 is 5.97 Å². The zero-order valence-corrected chi connectivity index (χ0v) is 11.9. The normalized spacial score (nSPS) is 11.1. The topological polar surface area (TPSA) is 119 Å². The summed E-state index contributed by atoms with van der Waals surface area (Å²) in [6.45, 7) is 0. The van der Waals surface area contributed by atoms with Crippen LogP contribution < -0.4 is 0 Å². The number of Topliss-reactive ketones (excluding diaryl/α,β-unsaturated/α-hetero) is 2. The Labute approximate surface area is 125 Å². The van der Waals surface area contributed by atoms with E-state index in [0.717, 1.165) is 12.3 Å². The molecule has 1 N–H and O–H groups in total. The second kappa shape index (κ2) is 5.94. The highest BCUT2D eigenvalue weighted by Crippen LogP contribution is 2.23. The summed E-state index contributed by atoms with van der Waals surface area (Å²) in [7, 11) is -3.84. The smallest absolute Gasteiger partial charge is 0.372 e. The van der Waals surface area contributed by atoms with E-state index < -0.39 is 33.8 Å². The average Bonchev–Trinajstić information content (AvgIpc) is 2.98. The molecule has 8 heteroatoms. The van der Waals surface area contributed by atoms with Crippen molar-refractivity contribution in [3.8, 4) is 0 Å². The zero-order chi connectivity index (χ0) is 16.3. The van der Waals surface area contributed by atoms with Gasteiger partial charge in [0.1, 0.15) is 11.2 Å². The van der Waals surface area contributed by atoms with Gasteiger partial charge in [-0.3, -0.25) is 9.59 Å². The fourth-order valence-corrected chi connectivity index (χ4v) is 2.87. The maximum Gasteiger partial charge on any atom is 0.372 e. The Morgan fingerprint density at radius 1 is 1.05 bits per heavy atom. The molecular formula is C14H10O7S. The molecule has 0 radical (unpaired) electrons. The quantitative estimate of drug-likeness (QED) is 0.484. The van der Waals surface area contributed by atoms with Gasteiger partial charge in [-0.15, -0.1) is 0 Å². The Morgan fingerprint density at radius 3 is 2.27 bits per heavy atom. The van der Waals surface area contributed by atoms with Crippen LogP contribution in [0.1, 0.15) is 17.0 Å². The lowest BCUT2D eigenvalue weighted by Gasteiger charge is -1.99. The summed E-state index contributed by atoms with van der Waals surface area (Å²) in [5.41, 5.74) is 0. The molecule has 0 atom stereocenters. The summed E-state index contributed by atoms with van der Waals surface area (Å²) >= 11 is 0. The van der Waals surface area contributed by atoms with Crippen molar-refractivity contribution in [2.75, 3.05) is 0 Å². The maximum atomic E-state index is 12.3. The van der Waals surface area contributed by atoms with Gasteiger partial charge in [0.25, 0.3) is 0 Å². The van der Waals surface area contributed by atoms with Crippen molar-refractivity contribution in [3.05, 3.63) is 48.4 Å². The summed E-state index contributed by atoms with van der Waals surface area (Å²) < 4.78 is 29.4. The number of benzene rings is 1. The minimum Gasteiger partial charge on any atom is -0.475 e. The van der Waals surface area contributed by atoms with Crippen LogP contribution in [0.25, 0.3) is 0 Å². The predicted molar refractivity (Wildman–Crippen MR) is 72.2 cm³/mol. The van der Waals surface area contributed by atoms with Crippen LogP contribution in [-0.4, -0.2) is 31.1 Å². The van der Waals surface area contributed by atoms with E-state index in [2.05, 4.69) is 0 Å². The number of aliphatic carboxylic acids is 1. The van der Waals surface area contributed by atoms with Crippen molar-refractivity contribution in [2.24, 2.45) is 0 Å². The summed E-state index contributed by atoms with van der Waals surface area (Å²) in [5.74, 6) is -4.32. The van der Waals surface area contributed by atoms with Gasteiger partial charge in [0.2, 0.25) is 21.4 Å². The number of rotatable bonds is 6. The van der Waals surface area contributed by atoms with Crippen molar-refractivity contribution in [1.82, 2.24) is 0 Å². The molecule has 0 aliphatic heterocycles. The minimum absolute atomic E-state index is 0.0245. The largest absolute Gasteiger partial charge is 0.475 e. The van der Waals surface area contributed by atoms with Crippen LogP contribution in [0.5, 0.6) is 0 Å². The number of ketones is 2. The molecule has 0 aliphatic carbocycles. The van der Waals surface area contributed by atoms with E-state index in [-0.39, 0.29) is 15.6 Å². The lowest BCUT2D eigenvalue weighted by Crippen LogP contribution is -2.16. The molecule has 2 rings (SSSR count). The van der Waals surface area contributed by atoms with Gasteiger partial charge in [-0.1, -0.05) is 18.2 Å². The van der Waals surface area contributed by atoms with Crippen molar-refractivity contribution in [1.29, 1.82) is 0 Å². The minimum atomic E-state index is -3.84. The van der Waals surface area contributed by atoms with Crippen LogP contribution in [0.2, 0.25) is 0 Å². The fraction of sp³-hybridized carbons (Fsp3) is 0.0714. The van der Waals surface area contributed by atoms with Crippen LogP contribution in [0.15, 0.2) is 56.9 Å². The first-order valence-corrected chi connectivity index (χ1v) is 7.48. The van der Waals surface area contributed by atoms with Gasteiger partial charge in [-0.05, 0) is 12.1 Å². The highest BCUT2D eigenvalue weighted by atomic mass is 32.2. The molecule has 0 spiro atoms. The van der Waals surface area contributed by atoms with E-state index >= 15 is 0 Å². The summed E-state index contributed by atoms with van der Waals surface area (Å²) in [6, 6.07) is 8.49. The summed E-state index contributed by atoms with van der Waals surface area (Å²) in [6.07, 6.45) is -0.0194. The summed E-state index contributed by atoms with van der Waals surface area (Å²) in [5, 5.41) is 8.43. The molecule has 0 saturated heterocycles. The molecule has 1 aromatic carbocycles. The number of hydrogen-bond donors (Lipinski definition) is 1.